The lowest BCUT2D eigenvalue weighted by atomic mass is 10.2. The first kappa shape index (κ1) is 17.6. The van der Waals surface area contributed by atoms with Gasteiger partial charge in [-0.15, -0.1) is 6.58 Å². The van der Waals surface area contributed by atoms with Crippen molar-refractivity contribution in [3.63, 3.8) is 0 Å². The van der Waals surface area contributed by atoms with Crippen molar-refractivity contribution in [2.45, 2.75) is 26.4 Å². The summed E-state index contributed by atoms with van der Waals surface area (Å²) in [5, 5.41) is 12.3. The van der Waals surface area contributed by atoms with Gasteiger partial charge in [0.15, 0.2) is 0 Å². The van der Waals surface area contributed by atoms with Crippen LogP contribution in [0.1, 0.15) is 26.5 Å². The molecule has 0 aliphatic carbocycles. The smallest absolute Gasteiger partial charge is 0.410 e. The van der Waals surface area contributed by atoms with Gasteiger partial charge in [-0.1, -0.05) is 11.2 Å². The van der Waals surface area contributed by atoms with Gasteiger partial charge in [-0.25, -0.2) is 9.18 Å². The molecule has 1 N–H and O–H groups in total. The molecule has 22 heavy (non-hydrogen) atoms. The zero-order valence-electron chi connectivity index (χ0n) is 12.9. The fourth-order valence-electron chi connectivity index (χ4n) is 1.58. The van der Waals surface area contributed by atoms with Crippen LogP contribution in [0.3, 0.4) is 0 Å². The van der Waals surface area contributed by atoms with Gasteiger partial charge in [0.2, 0.25) is 0 Å². The highest BCUT2D eigenvalue weighted by Gasteiger charge is 2.23. The topological polar surface area (TPSA) is 75.0 Å². The predicted octanol–water partition coefficient (Wildman–Crippen LogP) is 2.82. The molecule has 1 aromatic rings. The Labute approximate surface area is 128 Å². The van der Waals surface area contributed by atoms with Gasteiger partial charge in [0.1, 0.15) is 17.1 Å². The number of nitrogens with zero attached hydrogens (tertiary/aromatic N) is 3. The summed E-state index contributed by atoms with van der Waals surface area (Å²) in [7, 11) is 0. The van der Waals surface area contributed by atoms with Gasteiger partial charge in [0.05, 0.1) is 18.4 Å². The lowest BCUT2D eigenvalue weighted by Gasteiger charge is -2.26. The third-order valence-corrected chi connectivity index (χ3v) is 2.49. The molecule has 0 aromatic carbocycles. The molecule has 6 nitrogen and oxygen atoms in total. The Morgan fingerprint density at radius 2 is 2.23 bits per heavy atom. The number of carbonyl (C=O) groups excluding carboxylic acids is 1. The summed E-state index contributed by atoms with van der Waals surface area (Å²) >= 11 is 0. The highest BCUT2D eigenvalue weighted by molar-refractivity contribution is 6.01. The summed E-state index contributed by atoms with van der Waals surface area (Å²) in [6.45, 7) is 8.99. The first-order valence-corrected chi connectivity index (χ1v) is 6.68. The Kier molecular flexibility index (Phi) is 6.03. The molecule has 0 saturated carbocycles. The van der Waals surface area contributed by atoms with Gasteiger partial charge in [0, 0.05) is 6.54 Å². The second-order valence-electron chi connectivity index (χ2n) is 5.56. The summed E-state index contributed by atoms with van der Waals surface area (Å²) in [5.41, 5.74) is -0.268. The van der Waals surface area contributed by atoms with Gasteiger partial charge >= 0.3 is 6.09 Å². The monoisotopic (exact) mass is 309 g/mol. The van der Waals surface area contributed by atoms with Crippen LogP contribution in [0.4, 0.5) is 9.18 Å². The highest BCUT2D eigenvalue weighted by atomic mass is 19.1. The molecule has 0 atom stereocenters. The van der Waals surface area contributed by atoms with E-state index in [2.05, 4.69) is 16.7 Å². The molecule has 1 aromatic heterocycles. The van der Waals surface area contributed by atoms with Crippen LogP contribution in [0.5, 0.6) is 0 Å². The van der Waals surface area contributed by atoms with Crippen molar-refractivity contribution >= 4 is 11.8 Å². The zero-order valence-corrected chi connectivity index (χ0v) is 12.9. The van der Waals surface area contributed by atoms with E-state index >= 15 is 0 Å². The SMILES string of the molecule is C=CCN(CC(=NO)c1ccc(F)cn1)C(=O)OC(C)(C)C. The van der Waals surface area contributed by atoms with Gasteiger partial charge in [-0.3, -0.25) is 9.88 Å². The van der Waals surface area contributed by atoms with Crippen molar-refractivity contribution < 1.29 is 19.1 Å². The number of rotatable bonds is 5. The summed E-state index contributed by atoms with van der Waals surface area (Å²) in [4.78, 5) is 17.3. The quantitative estimate of drug-likeness (QED) is 0.393. The number of aromatic nitrogens is 1. The van der Waals surface area contributed by atoms with E-state index in [0.717, 1.165) is 6.20 Å². The maximum absolute atomic E-state index is 12.9. The minimum Gasteiger partial charge on any atom is -0.444 e. The molecular formula is C15H20FN3O3. The molecule has 0 fully saturated rings. The van der Waals surface area contributed by atoms with Crippen LogP contribution in [0.2, 0.25) is 0 Å². The number of oxime groups is 1. The Balaban J connectivity index is 2.90. The highest BCUT2D eigenvalue weighted by Crippen LogP contribution is 2.11. The van der Waals surface area contributed by atoms with E-state index in [4.69, 9.17) is 9.94 Å². The van der Waals surface area contributed by atoms with E-state index in [-0.39, 0.29) is 24.5 Å². The molecule has 0 unspecified atom stereocenters. The van der Waals surface area contributed by atoms with Crippen molar-refractivity contribution in [3.8, 4) is 0 Å². The van der Waals surface area contributed by atoms with Gasteiger partial charge in [-0.05, 0) is 32.9 Å². The molecular weight excluding hydrogens is 289 g/mol. The van der Waals surface area contributed by atoms with E-state index in [1.807, 2.05) is 0 Å². The van der Waals surface area contributed by atoms with Crippen LogP contribution in [0.25, 0.3) is 0 Å². The largest absolute Gasteiger partial charge is 0.444 e. The summed E-state index contributed by atoms with van der Waals surface area (Å²) in [6.07, 6.45) is 1.96. The molecule has 7 heteroatoms. The Morgan fingerprint density at radius 3 is 2.68 bits per heavy atom. The van der Waals surface area contributed by atoms with Crippen LogP contribution in [-0.2, 0) is 4.74 Å². The first-order valence-electron chi connectivity index (χ1n) is 6.68. The van der Waals surface area contributed by atoms with Crippen LogP contribution < -0.4 is 0 Å². The maximum Gasteiger partial charge on any atom is 0.410 e. The van der Waals surface area contributed by atoms with Crippen molar-refractivity contribution in [2.75, 3.05) is 13.1 Å². The summed E-state index contributed by atoms with van der Waals surface area (Å²) in [5.74, 6) is -0.504. The number of ether oxygens (including phenoxy) is 1. The number of pyridine rings is 1. The molecule has 0 aliphatic rings. The molecule has 1 amide bonds. The first-order chi connectivity index (χ1) is 10.3. The van der Waals surface area contributed by atoms with Crippen LogP contribution in [-0.4, -0.2) is 45.6 Å². The Bertz CT molecular complexity index is 550. The lowest BCUT2D eigenvalue weighted by molar-refractivity contribution is 0.0298. The standard InChI is InChI=1S/C15H20FN3O3/c1-5-8-19(14(20)22-15(2,3)4)10-13(18-21)12-7-6-11(16)9-17-12/h5-7,9,21H,1,8,10H2,2-4H3. The third-order valence-electron chi connectivity index (χ3n) is 2.49. The van der Waals surface area contributed by atoms with Crippen molar-refractivity contribution in [2.24, 2.45) is 5.16 Å². The van der Waals surface area contributed by atoms with Crippen LogP contribution in [0.15, 0.2) is 36.1 Å². The van der Waals surface area contributed by atoms with E-state index < -0.39 is 17.5 Å². The Morgan fingerprint density at radius 1 is 1.55 bits per heavy atom. The summed E-state index contributed by atoms with van der Waals surface area (Å²) < 4.78 is 18.2. The summed E-state index contributed by atoms with van der Waals surface area (Å²) in [6, 6.07) is 2.56. The normalized spacial score (nSPS) is 11.9. The van der Waals surface area contributed by atoms with Gasteiger partial charge in [-0.2, -0.15) is 0 Å². The molecule has 0 radical (unpaired) electrons. The lowest BCUT2D eigenvalue weighted by Crippen LogP contribution is -2.40. The molecule has 0 saturated heterocycles. The molecule has 0 bridgehead atoms. The van der Waals surface area contributed by atoms with Crippen molar-refractivity contribution in [1.29, 1.82) is 0 Å². The van der Waals surface area contributed by atoms with Gasteiger partial charge in [0.25, 0.3) is 0 Å². The van der Waals surface area contributed by atoms with Crippen molar-refractivity contribution in [3.05, 3.63) is 42.5 Å². The number of hydrogen-bond donors (Lipinski definition) is 1. The van der Waals surface area contributed by atoms with E-state index in [0.29, 0.717) is 0 Å². The minimum atomic E-state index is -0.652. The molecule has 1 rings (SSSR count). The minimum absolute atomic E-state index is 0.0456. The fraction of sp³-hybridized carbons (Fsp3) is 0.400. The van der Waals surface area contributed by atoms with Gasteiger partial charge < -0.3 is 9.94 Å². The molecule has 0 spiro atoms. The average molecular weight is 309 g/mol. The molecule has 1 heterocycles. The van der Waals surface area contributed by atoms with Crippen molar-refractivity contribution in [1.82, 2.24) is 9.88 Å². The fourth-order valence-corrected chi connectivity index (χ4v) is 1.58. The Hall–Kier alpha value is -2.44. The van der Waals surface area contributed by atoms with E-state index in [1.54, 1.807) is 20.8 Å². The van der Waals surface area contributed by atoms with E-state index in [9.17, 15) is 9.18 Å². The number of carbonyl (C=O) groups is 1. The predicted molar refractivity (Wildman–Crippen MR) is 80.5 cm³/mol. The molecule has 120 valence electrons. The maximum atomic E-state index is 12.9. The average Bonchev–Trinajstić information content (AvgIpc) is 2.42. The molecule has 0 aliphatic heterocycles. The second-order valence-corrected chi connectivity index (χ2v) is 5.56. The van der Waals surface area contributed by atoms with E-state index in [1.165, 1.54) is 23.1 Å². The third kappa shape index (κ3) is 5.51. The number of amides is 1. The number of halogens is 1. The van der Waals surface area contributed by atoms with Crippen LogP contribution in [0, 0.1) is 5.82 Å². The second kappa shape index (κ2) is 7.53. The van der Waals surface area contributed by atoms with Crippen LogP contribution >= 0.6 is 0 Å². The zero-order chi connectivity index (χ0) is 16.8. The number of hydrogen-bond acceptors (Lipinski definition) is 5.